The molecule has 1 aromatic carbocycles. The molecule has 14 heteroatoms. The maximum absolute atomic E-state index is 14.1. The van der Waals surface area contributed by atoms with Gasteiger partial charge < -0.3 is 34.2 Å². The maximum Gasteiger partial charge on any atom is 0.247 e. The van der Waals surface area contributed by atoms with Gasteiger partial charge in [0.15, 0.2) is 17.1 Å². The lowest BCUT2D eigenvalue weighted by atomic mass is 10.0. The average molecular weight is 618 g/mol. The van der Waals surface area contributed by atoms with Crippen molar-refractivity contribution in [1.29, 1.82) is 0 Å². The van der Waals surface area contributed by atoms with E-state index in [0.29, 0.717) is 87.3 Å². The van der Waals surface area contributed by atoms with Crippen molar-refractivity contribution in [3.63, 3.8) is 0 Å². The summed E-state index contributed by atoms with van der Waals surface area (Å²) in [4.78, 5) is 27.5. The molecule has 14 nitrogen and oxygen atoms in total. The number of hydrogen-bond donors (Lipinski definition) is 1. The van der Waals surface area contributed by atoms with E-state index in [-0.39, 0.29) is 17.8 Å². The normalized spacial score (nSPS) is 14.6. The van der Waals surface area contributed by atoms with E-state index in [9.17, 15) is 4.79 Å². The topological polar surface area (TPSA) is 151 Å². The summed E-state index contributed by atoms with van der Waals surface area (Å²) < 4.78 is 24.8. The molecule has 0 saturated carbocycles. The van der Waals surface area contributed by atoms with Crippen LogP contribution in [0.3, 0.4) is 0 Å². The van der Waals surface area contributed by atoms with Crippen LogP contribution in [-0.4, -0.2) is 99.9 Å². The van der Waals surface area contributed by atoms with Gasteiger partial charge in [-0.15, -0.1) is 5.10 Å². The minimum atomic E-state index is -0.536. The molecule has 1 aliphatic heterocycles. The SMILES string of the molecule is COCCOCCOc1ccc(N2CCN(C(=O)[C@H](CC(C)C)n3ncc4c3nc(N)n3nc(-c5ccco5)nc43)CC2)cc1. The van der Waals surface area contributed by atoms with E-state index < -0.39 is 6.04 Å². The molecular weight excluding hydrogens is 578 g/mol. The number of nitrogens with two attached hydrogens (primary N) is 1. The summed E-state index contributed by atoms with van der Waals surface area (Å²) in [5, 5.41) is 9.78. The Morgan fingerprint density at radius 1 is 1.00 bits per heavy atom. The summed E-state index contributed by atoms with van der Waals surface area (Å²) in [6.45, 7) is 8.93. The molecule has 5 aromatic rings. The van der Waals surface area contributed by atoms with Gasteiger partial charge in [-0.05, 0) is 48.7 Å². The molecule has 1 amide bonds. The number of fused-ring (bicyclic) bond motifs is 3. The van der Waals surface area contributed by atoms with E-state index in [4.69, 9.17) is 24.4 Å². The number of hydrogen-bond acceptors (Lipinski definition) is 11. The second-order valence-corrected chi connectivity index (χ2v) is 11.3. The molecule has 0 spiro atoms. The third kappa shape index (κ3) is 6.56. The Bertz CT molecular complexity index is 1710. The van der Waals surface area contributed by atoms with Gasteiger partial charge in [-0.2, -0.15) is 14.6 Å². The van der Waals surface area contributed by atoms with Gasteiger partial charge in [-0.3, -0.25) is 4.79 Å². The minimum Gasteiger partial charge on any atom is -0.491 e. The predicted molar refractivity (Wildman–Crippen MR) is 168 cm³/mol. The van der Waals surface area contributed by atoms with Crippen molar-refractivity contribution in [3.8, 4) is 17.3 Å². The lowest BCUT2D eigenvalue weighted by Gasteiger charge is -2.38. The molecule has 0 radical (unpaired) electrons. The van der Waals surface area contributed by atoms with Crippen molar-refractivity contribution in [2.75, 3.05) is 70.3 Å². The largest absolute Gasteiger partial charge is 0.491 e. The Kier molecular flexibility index (Phi) is 9.12. The van der Waals surface area contributed by atoms with Gasteiger partial charge in [-0.25, -0.2) is 9.67 Å². The fraction of sp³-hybridized carbons (Fsp3) is 0.452. The van der Waals surface area contributed by atoms with Crippen LogP contribution in [0.5, 0.6) is 5.75 Å². The number of amides is 1. The molecule has 6 rings (SSSR count). The zero-order valence-corrected chi connectivity index (χ0v) is 25.8. The maximum atomic E-state index is 14.1. The van der Waals surface area contributed by atoms with E-state index in [2.05, 4.69) is 51.0 Å². The highest BCUT2D eigenvalue weighted by atomic mass is 16.5. The molecule has 1 aliphatic rings. The third-order valence-corrected chi connectivity index (χ3v) is 7.79. The van der Waals surface area contributed by atoms with Crippen LogP contribution < -0.4 is 15.4 Å². The third-order valence-electron chi connectivity index (χ3n) is 7.79. The number of aromatic nitrogens is 6. The van der Waals surface area contributed by atoms with E-state index in [1.807, 2.05) is 17.0 Å². The van der Waals surface area contributed by atoms with E-state index in [1.165, 1.54) is 4.52 Å². The lowest BCUT2D eigenvalue weighted by molar-refractivity contribution is -0.135. The van der Waals surface area contributed by atoms with E-state index in [1.54, 1.807) is 36.4 Å². The summed E-state index contributed by atoms with van der Waals surface area (Å²) in [6.07, 6.45) is 3.85. The number of piperazine rings is 1. The monoisotopic (exact) mass is 617 g/mol. The molecule has 2 N–H and O–H groups in total. The quantitative estimate of drug-likeness (QED) is 0.194. The molecule has 4 aromatic heterocycles. The number of ether oxygens (including phenoxy) is 3. The van der Waals surface area contributed by atoms with Crippen molar-refractivity contribution < 1.29 is 23.4 Å². The molecule has 238 valence electrons. The molecule has 5 heterocycles. The van der Waals surface area contributed by atoms with Crippen LogP contribution in [0.25, 0.3) is 28.3 Å². The Morgan fingerprint density at radius 2 is 1.78 bits per heavy atom. The Balaban J connectivity index is 1.14. The summed E-state index contributed by atoms with van der Waals surface area (Å²) in [7, 11) is 1.65. The minimum absolute atomic E-state index is 0.0165. The fourth-order valence-electron chi connectivity index (χ4n) is 5.53. The number of carbonyl (C=O) groups excluding carboxylic acids is 1. The van der Waals surface area contributed by atoms with E-state index >= 15 is 0 Å². The lowest BCUT2D eigenvalue weighted by Crippen LogP contribution is -2.51. The van der Waals surface area contributed by atoms with E-state index in [0.717, 1.165) is 11.4 Å². The zero-order valence-electron chi connectivity index (χ0n) is 25.8. The zero-order chi connectivity index (χ0) is 31.3. The second kappa shape index (κ2) is 13.5. The number of benzene rings is 1. The van der Waals surface area contributed by atoms with Crippen molar-refractivity contribution in [2.24, 2.45) is 5.92 Å². The Morgan fingerprint density at radius 3 is 2.49 bits per heavy atom. The highest BCUT2D eigenvalue weighted by Crippen LogP contribution is 2.29. The summed E-state index contributed by atoms with van der Waals surface area (Å²) >= 11 is 0. The molecule has 0 aliphatic carbocycles. The van der Waals surface area contributed by atoms with Crippen molar-refractivity contribution in [2.45, 2.75) is 26.3 Å². The van der Waals surface area contributed by atoms with Gasteiger partial charge in [0.25, 0.3) is 0 Å². The molecule has 0 unspecified atom stereocenters. The number of anilines is 2. The van der Waals surface area contributed by atoms with Crippen molar-refractivity contribution in [3.05, 3.63) is 48.9 Å². The van der Waals surface area contributed by atoms with Crippen LogP contribution >= 0.6 is 0 Å². The first-order chi connectivity index (χ1) is 21.9. The number of carbonyl (C=O) groups is 1. The highest BCUT2D eigenvalue weighted by Gasteiger charge is 2.32. The van der Waals surface area contributed by atoms with Crippen LogP contribution in [-0.2, 0) is 14.3 Å². The van der Waals surface area contributed by atoms with Crippen molar-refractivity contribution >= 4 is 34.2 Å². The van der Waals surface area contributed by atoms with Gasteiger partial charge in [0.1, 0.15) is 18.4 Å². The number of methoxy groups -OCH3 is 1. The fourth-order valence-corrected chi connectivity index (χ4v) is 5.53. The smallest absolute Gasteiger partial charge is 0.247 e. The first-order valence-electron chi connectivity index (χ1n) is 15.2. The van der Waals surface area contributed by atoms with Crippen LogP contribution in [0.15, 0.2) is 53.3 Å². The van der Waals surface area contributed by atoms with Gasteiger partial charge in [-0.1, -0.05) is 13.8 Å². The van der Waals surface area contributed by atoms with Crippen molar-refractivity contribution in [1.82, 2.24) is 34.3 Å². The second-order valence-electron chi connectivity index (χ2n) is 11.3. The standard InChI is InChI=1S/C31H39N9O5/c1-21(2)19-25(39-29-24(20-33-39)28-34-27(26-5-4-14-45-26)36-40(28)31(32)35-29)30(41)38-12-10-37(11-13-38)22-6-8-23(9-7-22)44-18-17-43-16-15-42-3/h4-9,14,20-21,25H,10-13,15-19H2,1-3H3,(H2,32,35)/t25-/m0/s1. The number of furan rings is 1. The Labute approximate surface area is 260 Å². The van der Waals surface area contributed by atoms with Gasteiger partial charge in [0.05, 0.1) is 37.7 Å². The number of rotatable bonds is 13. The predicted octanol–water partition coefficient (Wildman–Crippen LogP) is 3.29. The first-order valence-corrected chi connectivity index (χ1v) is 15.2. The van der Waals surface area contributed by atoms with Gasteiger partial charge in [0.2, 0.25) is 17.7 Å². The molecule has 1 saturated heterocycles. The molecule has 45 heavy (non-hydrogen) atoms. The first kappa shape index (κ1) is 30.3. The van der Waals surface area contributed by atoms with Crippen LogP contribution in [0, 0.1) is 5.92 Å². The van der Waals surface area contributed by atoms with Crippen LogP contribution in [0.4, 0.5) is 11.6 Å². The molecule has 1 atom stereocenters. The molecular formula is C31H39N9O5. The molecule has 0 bridgehead atoms. The van der Waals surface area contributed by atoms with Crippen LogP contribution in [0.1, 0.15) is 26.3 Å². The highest BCUT2D eigenvalue weighted by molar-refractivity contribution is 5.92. The number of nitrogen functional groups attached to an aromatic ring is 1. The summed E-state index contributed by atoms with van der Waals surface area (Å²) in [5.74, 6) is 2.13. The van der Waals surface area contributed by atoms with Gasteiger partial charge in [0, 0.05) is 39.0 Å². The van der Waals surface area contributed by atoms with Gasteiger partial charge >= 0.3 is 0 Å². The summed E-state index contributed by atoms with van der Waals surface area (Å²) in [5.41, 5.74) is 8.42. The average Bonchev–Trinajstić information content (AvgIpc) is 3.82. The molecule has 1 fully saturated rings. The summed E-state index contributed by atoms with van der Waals surface area (Å²) in [6, 6.07) is 11.0. The Hall–Kier alpha value is -4.69. The number of nitrogens with zero attached hydrogens (tertiary/aromatic N) is 8. The van der Waals surface area contributed by atoms with Crippen LogP contribution in [0.2, 0.25) is 0 Å².